The van der Waals surface area contributed by atoms with Gasteiger partial charge in [0.05, 0.1) is 11.4 Å². The second-order valence-corrected chi connectivity index (χ2v) is 3.78. The molecule has 4 nitrogen and oxygen atoms in total. The summed E-state index contributed by atoms with van der Waals surface area (Å²) in [5, 5.41) is 17.1. The number of hydrogen-bond acceptors (Lipinski definition) is 3. The number of aromatic nitrogens is 2. The number of para-hydroxylation sites is 1. The van der Waals surface area contributed by atoms with E-state index >= 15 is 0 Å². The predicted molar refractivity (Wildman–Crippen MR) is 63.4 cm³/mol. The third-order valence-corrected chi connectivity index (χ3v) is 2.47. The lowest BCUT2D eigenvalue weighted by Gasteiger charge is -2.06. The smallest absolute Gasteiger partial charge is 0.120 e. The summed E-state index contributed by atoms with van der Waals surface area (Å²) in [7, 11) is 1.89. The van der Waals surface area contributed by atoms with E-state index in [0.29, 0.717) is 12.3 Å². The van der Waals surface area contributed by atoms with Crippen LogP contribution < -0.4 is 5.32 Å². The predicted octanol–water partition coefficient (Wildman–Crippen LogP) is 2.05. The van der Waals surface area contributed by atoms with Gasteiger partial charge in [-0.2, -0.15) is 5.10 Å². The number of aryl methyl sites for hydroxylation is 2. The molecule has 0 aliphatic rings. The Kier molecular flexibility index (Phi) is 2.81. The van der Waals surface area contributed by atoms with Gasteiger partial charge in [0.1, 0.15) is 5.75 Å². The standard InChI is InChI=1S/C12H15N3O/c1-9-11(8-15(2)14-9)13-7-10-5-3-4-6-12(10)16/h3-6,8,13,16H,7H2,1-2H3. The van der Waals surface area contributed by atoms with Crippen LogP contribution >= 0.6 is 0 Å². The van der Waals surface area contributed by atoms with E-state index in [1.165, 1.54) is 0 Å². The molecule has 2 N–H and O–H groups in total. The first-order valence-corrected chi connectivity index (χ1v) is 5.18. The van der Waals surface area contributed by atoms with Crippen LogP contribution in [0.5, 0.6) is 5.75 Å². The number of phenols is 1. The average Bonchev–Trinajstić information content (AvgIpc) is 2.56. The van der Waals surface area contributed by atoms with Crippen LogP contribution in [0.3, 0.4) is 0 Å². The summed E-state index contributed by atoms with van der Waals surface area (Å²) in [6.07, 6.45) is 1.93. The van der Waals surface area contributed by atoms with Crippen molar-refractivity contribution in [2.75, 3.05) is 5.32 Å². The topological polar surface area (TPSA) is 50.1 Å². The second-order valence-electron chi connectivity index (χ2n) is 3.78. The van der Waals surface area contributed by atoms with Crippen LogP contribution in [0, 0.1) is 6.92 Å². The van der Waals surface area contributed by atoms with Crippen LogP contribution in [0.2, 0.25) is 0 Å². The van der Waals surface area contributed by atoms with Crippen LogP contribution in [0.15, 0.2) is 30.5 Å². The molecule has 1 aromatic heterocycles. The molecule has 0 atom stereocenters. The van der Waals surface area contributed by atoms with Gasteiger partial charge in [-0.25, -0.2) is 0 Å². The van der Waals surface area contributed by atoms with Crippen LogP contribution in [0.25, 0.3) is 0 Å². The quantitative estimate of drug-likeness (QED) is 0.827. The Balaban J connectivity index is 2.08. The molecule has 0 bridgehead atoms. The van der Waals surface area contributed by atoms with Crippen LogP contribution in [-0.2, 0) is 13.6 Å². The van der Waals surface area contributed by atoms with Crippen molar-refractivity contribution >= 4 is 5.69 Å². The molecule has 0 aliphatic heterocycles. The number of nitrogens with zero attached hydrogens (tertiary/aromatic N) is 2. The SMILES string of the molecule is Cc1nn(C)cc1NCc1ccccc1O. The number of rotatable bonds is 3. The lowest BCUT2D eigenvalue weighted by Crippen LogP contribution is -1.99. The molecule has 0 saturated carbocycles. The van der Waals surface area contributed by atoms with Gasteiger partial charge in [-0.3, -0.25) is 4.68 Å². The van der Waals surface area contributed by atoms with Gasteiger partial charge in [0.25, 0.3) is 0 Å². The molecule has 0 saturated heterocycles. The van der Waals surface area contributed by atoms with E-state index in [0.717, 1.165) is 16.9 Å². The number of hydrogen-bond donors (Lipinski definition) is 2. The fraction of sp³-hybridized carbons (Fsp3) is 0.250. The van der Waals surface area contributed by atoms with E-state index in [2.05, 4.69) is 10.4 Å². The van der Waals surface area contributed by atoms with E-state index in [4.69, 9.17) is 0 Å². The van der Waals surface area contributed by atoms with Gasteiger partial charge in [0.2, 0.25) is 0 Å². The lowest BCUT2D eigenvalue weighted by atomic mass is 10.2. The number of nitrogens with one attached hydrogen (secondary N) is 1. The van der Waals surface area contributed by atoms with Crippen molar-refractivity contribution in [3.05, 3.63) is 41.7 Å². The maximum absolute atomic E-state index is 9.60. The molecule has 0 amide bonds. The van der Waals surface area contributed by atoms with Crippen molar-refractivity contribution in [3.8, 4) is 5.75 Å². The van der Waals surface area contributed by atoms with Crippen molar-refractivity contribution in [1.82, 2.24) is 9.78 Å². The van der Waals surface area contributed by atoms with Crippen molar-refractivity contribution in [2.24, 2.45) is 7.05 Å². The van der Waals surface area contributed by atoms with Gasteiger partial charge in [-0.1, -0.05) is 18.2 Å². The van der Waals surface area contributed by atoms with E-state index in [9.17, 15) is 5.11 Å². The Bertz CT molecular complexity index is 491. The number of aromatic hydroxyl groups is 1. The first-order valence-electron chi connectivity index (χ1n) is 5.18. The molecule has 0 spiro atoms. The Morgan fingerprint density at radius 1 is 1.38 bits per heavy atom. The summed E-state index contributed by atoms with van der Waals surface area (Å²) >= 11 is 0. The van der Waals surface area contributed by atoms with Crippen molar-refractivity contribution in [2.45, 2.75) is 13.5 Å². The number of benzene rings is 1. The molecule has 4 heteroatoms. The largest absolute Gasteiger partial charge is 0.508 e. The lowest BCUT2D eigenvalue weighted by molar-refractivity contribution is 0.469. The van der Waals surface area contributed by atoms with E-state index in [-0.39, 0.29) is 0 Å². The summed E-state index contributed by atoms with van der Waals surface area (Å²) < 4.78 is 1.77. The number of phenolic OH excluding ortho intramolecular Hbond substituents is 1. The molecule has 1 heterocycles. The highest BCUT2D eigenvalue weighted by molar-refractivity contribution is 5.47. The molecule has 16 heavy (non-hydrogen) atoms. The average molecular weight is 217 g/mol. The maximum atomic E-state index is 9.60. The van der Waals surface area contributed by atoms with Gasteiger partial charge in [-0.15, -0.1) is 0 Å². The van der Waals surface area contributed by atoms with Crippen LogP contribution in [-0.4, -0.2) is 14.9 Å². The summed E-state index contributed by atoms with van der Waals surface area (Å²) in [5.74, 6) is 0.316. The molecule has 2 rings (SSSR count). The zero-order valence-corrected chi connectivity index (χ0v) is 9.44. The monoisotopic (exact) mass is 217 g/mol. The third kappa shape index (κ3) is 2.16. The normalized spacial score (nSPS) is 10.4. The summed E-state index contributed by atoms with van der Waals surface area (Å²) in [6, 6.07) is 7.31. The minimum absolute atomic E-state index is 0.316. The van der Waals surface area contributed by atoms with Crippen molar-refractivity contribution in [1.29, 1.82) is 0 Å². The third-order valence-electron chi connectivity index (χ3n) is 2.47. The summed E-state index contributed by atoms with van der Waals surface area (Å²) in [6.45, 7) is 2.55. The molecular formula is C12H15N3O. The molecule has 1 aromatic carbocycles. The molecule has 2 aromatic rings. The van der Waals surface area contributed by atoms with Crippen LogP contribution in [0.4, 0.5) is 5.69 Å². The van der Waals surface area contributed by atoms with E-state index in [1.54, 1.807) is 10.7 Å². The summed E-state index contributed by atoms with van der Waals surface area (Å²) in [4.78, 5) is 0. The molecule has 84 valence electrons. The Morgan fingerprint density at radius 2 is 2.12 bits per heavy atom. The fourth-order valence-electron chi connectivity index (χ4n) is 1.62. The Labute approximate surface area is 94.5 Å². The first-order chi connectivity index (χ1) is 7.66. The van der Waals surface area contributed by atoms with E-state index in [1.807, 2.05) is 38.4 Å². The van der Waals surface area contributed by atoms with E-state index < -0.39 is 0 Å². The maximum Gasteiger partial charge on any atom is 0.120 e. The van der Waals surface area contributed by atoms with Gasteiger partial charge in [0, 0.05) is 25.4 Å². The Hall–Kier alpha value is -1.97. The molecular weight excluding hydrogens is 202 g/mol. The van der Waals surface area contributed by atoms with Gasteiger partial charge in [-0.05, 0) is 13.0 Å². The molecule has 0 unspecified atom stereocenters. The minimum atomic E-state index is 0.316. The molecule has 0 aliphatic carbocycles. The fourth-order valence-corrected chi connectivity index (χ4v) is 1.62. The number of anilines is 1. The van der Waals surface area contributed by atoms with Crippen molar-refractivity contribution < 1.29 is 5.11 Å². The van der Waals surface area contributed by atoms with Crippen LogP contribution in [0.1, 0.15) is 11.3 Å². The second kappa shape index (κ2) is 4.26. The van der Waals surface area contributed by atoms with Gasteiger partial charge in [0.15, 0.2) is 0 Å². The zero-order valence-electron chi connectivity index (χ0n) is 9.44. The Morgan fingerprint density at radius 3 is 2.75 bits per heavy atom. The first kappa shape index (κ1) is 10.5. The molecule has 0 fully saturated rings. The van der Waals surface area contributed by atoms with Crippen molar-refractivity contribution in [3.63, 3.8) is 0 Å². The zero-order chi connectivity index (χ0) is 11.5. The highest BCUT2D eigenvalue weighted by atomic mass is 16.3. The molecule has 0 radical (unpaired) electrons. The highest BCUT2D eigenvalue weighted by Crippen LogP contribution is 2.18. The van der Waals surface area contributed by atoms with Gasteiger partial charge < -0.3 is 10.4 Å². The highest BCUT2D eigenvalue weighted by Gasteiger charge is 2.03. The minimum Gasteiger partial charge on any atom is -0.508 e. The van der Waals surface area contributed by atoms with Gasteiger partial charge >= 0.3 is 0 Å². The summed E-state index contributed by atoms with van der Waals surface area (Å²) in [5.41, 5.74) is 2.83.